The van der Waals surface area contributed by atoms with Crippen molar-refractivity contribution in [2.45, 2.75) is 70.7 Å². The summed E-state index contributed by atoms with van der Waals surface area (Å²) in [5, 5.41) is 11.6. The lowest BCUT2D eigenvalue weighted by molar-refractivity contribution is -0.0185. The molecule has 0 bridgehead atoms. The van der Waals surface area contributed by atoms with Gasteiger partial charge in [0, 0.05) is 37.3 Å². The van der Waals surface area contributed by atoms with E-state index < -0.39 is 23.8 Å². The van der Waals surface area contributed by atoms with E-state index in [9.17, 15) is 14.7 Å². The molecule has 2 amide bonds. The average Bonchev–Trinajstić information content (AvgIpc) is 2.79. The molecule has 0 saturated heterocycles. The number of rotatable bonds is 4. The zero-order chi connectivity index (χ0) is 24.6. The number of carbonyl (C=O) groups is 2. The molecule has 1 aromatic heterocycles. The van der Waals surface area contributed by atoms with Gasteiger partial charge in [0.05, 0.1) is 12.1 Å². The fourth-order valence-corrected chi connectivity index (χ4v) is 4.99. The van der Waals surface area contributed by atoms with Crippen LogP contribution in [0.15, 0.2) is 36.5 Å². The second kappa shape index (κ2) is 9.55. The van der Waals surface area contributed by atoms with E-state index in [1.54, 1.807) is 22.1 Å². The largest absolute Gasteiger partial charge is 0.444 e. The van der Waals surface area contributed by atoms with Crippen LogP contribution in [0.1, 0.15) is 67.1 Å². The number of aliphatic hydroxyl groups excluding tert-OH is 1. The van der Waals surface area contributed by atoms with Crippen molar-refractivity contribution in [3.63, 3.8) is 0 Å². The van der Waals surface area contributed by atoms with E-state index in [4.69, 9.17) is 16.3 Å². The van der Waals surface area contributed by atoms with E-state index in [1.165, 1.54) is 0 Å². The summed E-state index contributed by atoms with van der Waals surface area (Å²) in [7, 11) is 0. The molecule has 182 valence electrons. The predicted octanol–water partition coefficient (Wildman–Crippen LogP) is 4.41. The van der Waals surface area contributed by atoms with Gasteiger partial charge in [-0.15, -0.1) is 0 Å². The monoisotopic (exact) mass is 485 g/mol. The minimum absolute atomic E-state index is 0.110. The van der Waals surface area contributed by atoms with Crippen LogP contribution in [-0.4, -0.2) is 62.7 Å². The van der Waals surface area contributed by atoms with Gasteiger partial charge in [0.1, 0.15) is 10.8 Å². The van der Waals surface area contributed by atoms with Crippen LogP contribution in [0.3, 0.4) is 0 Å². The van der Waals surface area contributed by atoms with Crippen LogP contribution in [-0.2, 0) is 17.7 Å². The number of nitrogens with zero attached hydrogens (tertiary/aromatic N) is 3. The van der Waals surface area contributed by atoms with E-state index in [2.05, 4.69) is 11.9 Å². The summed E-state index contributed by atoms with van der Waals surface area (Å²) < 4.78 is 5.65. The van der Waals surface area contributed by atoms with Gasteiger partial charge in [-0.2, -0.15) is 0 Å². The second-order valence-corrected chi connectivity index (χ2v) is 10.5. The highest BCUT2D eigenvalue weighted by Crippen LogP contribution is 2.33. The number of hydrogen-bond acceptors (Lipinski definition) is 5. The minimum Gasteiger partial charge on any atom is -0.444 e. The van der Waals surface area contributed by atoms with Crippen LogP contribution in [0.4, 0.5) is 4.79 Å². The molecule has 0 aliphatic carbocycles. The third-order valence-electron chi connectivity index (χ3n) is 6.56. The maximum absolute atomic E-state index is 13.3. The van der Waals surface area contributed by atoms with Gasteiger partial charge in [-0.1, -0.05) is 42.8 Å². The maximum Gasteiger partial charge on any atom is 0.410 e. The zero-order valence-corrected chi connectivity index (χ0v) is 20.9. The molecule has 8 heteroatoms. The van der Waals surface area contributed by atoms with Gasteiger partial charge in [-0.05, 0) is 56.4 Å². The first-order valence-electron chi connectivity index (χ1n) is 11.8. The number of pyridine rings is 1. The first-order valence-corrected chi connectivity index (χ1v) is 12.1. The number of aliphatic hydroxyl groups is 1. The third-order valence-corrected chi connectivity index (χ3v) is 6.77. The molecule has 3 heterocycles. The third kappa shape index (κ3) is 5.05. The number of carbonyl (C=O) groups excluding carboxylic acids is 2. The molecule has 2 unspecified atom stereocenters. The molecule has 0 fully saturated rings. The van der Waals surface area contributed by atoms with Gasteiger partial charge in [-0.3, -0.25) is 9.69 Å². The number of hydrogen-bond donors (Lipinski definition) is 1. The maximum atomic E-state index is 13.3. The molecule has 1 N–H and O–H groups in total. The molecule has 2 aliphatic rings. The van der Waals surface area contributed by atoms with Crippen molar-refractivity contribution in [1.82, 2.24) is 14.8 Å². The Labute approximate surface area is 205 Å². The standard InChI is InChI=1S/C26H32ClN3O4/c1-5-16-13-29(24(32)19-11-23(27)28-12-20(16)19)15-22(31)21-10-17-8-6-7-9-18(17)14-30(21)25(33)34-26(2,3)4/h6-9,11-12,16,21-22,31H,5,10,13-15H2,1-4H3/t16?,21-,22?/m0/s1. The van der Waals surface area contributed by atoms with Crippen molar-refractivity contribution in [3.05, 3.63) is 63.9 Å². The Morgan fingerprint density at radius 1 is 1.29 bits per heavy atom. The number of amides is 2. The summed E-state index contributed by atoms with van der Waals surface area (Å²) in [6, 6.07) is 9.00. The van der Waals surface area contributed by atoms with Crippen molar-refractivity contribution in [3.8, 4) is 0 Å². The highest BCUT2D eigenvalue weighted by Gasteiger charge is 2.39. The Morgan fingerprint density at radius 3 is 2.68 bits per heavy atom. The Balaban J connectivity index is 1.59. The van der Waals surface area contributed by atoms with Crippen molar-refractivity contribution in [1.29, 1.82) is 0 Å². The van der Waals surface area contributed by atoms with E-state index in [0.717, 1.165) is 23.1 Å². The van der Waals surface area contributed by atoms with Crippen LogP contribution in [0.25, 0.3) is 0 Å². The lowest BCUT2D eigenvalue weighted by Crippen LogP contribution is -2.55. The van der Waals surface area contributed by atoms with E-state index in [-0.39, 0.29) is 23.5 Å². The summed E-state index contributed by atoms with van der Waals surface area (Å²) in [6.07, 6.45) is 1.59. The van der Waals surface area contributed by atoms with Crippen molar-refractivity contribution < 1.29 is 19.4 Å². The molecule has 1 aromatic carbocycles. The fraction of sp³-hybridized carbons (Fsp3) is 0.500. The number of fused-ring (bicyclic) bond motifs is 2. The lowest BCUT2D eigenvalue weighted by Gasteiger charge is -2.42. The average molecular weight is 486 g/mol. The van der Waals surface area contributed by atoms with Crippen LogP contribution >= 0.6 is 11.6 Å². The summed E-state index contributed by atoms with van der Waals surface area (Å²) >= 11 is 6.07. The van der Waals surface area contributed by atoms with E-state index >= 15 is 0 Å². The van der Waals surface area contributed by atoms with Gasteiger partial charge in [0.15, 0.2) is 0 Å². The first kappa shape index (κ1) is 24.5. The van der Waals surface area contributed by atoms with E-state index in [1.807, 2.05) is 45.0 Å². The molecule has 4 rings (SSSR count). The Bertz CT molecular complexity index is 1080. The van der Waals surface area contributed by atoms with Gasteiger partial charge in [0.2, 0.25) is 0 Å². The molecular weight excluding hydrogens is 454 g/mol. The summed E-state index contributed by atoms with van der Waals surface area (Å²) in [5.41, 5.74) is 2.89. The zero-order valence-electron chi connectivity index (χ0n) is 20.1. The number of ether oxygens (including phenoxy) is 1. The van der Waals surface area contributed by atoms with Crippen molar-refractivity contribution in [2.75, 3.05) is 13.1 Å². The van der Waals surface area contributed by atoms with Gasteiger partial charge in [-0.25, -0.2) is 9.78 Å². The molecule has 7 nitrogen and oxygen atoms in total. The quantitative estimate of drug-likeness (QED) is 0.649. The molecule has 0 saturated carbocycles. The molecule has 34 heavy (non-hydrogen) atoms. The van der Waals surface area contributed by atoms with Gasteiger partial charge < -0.3 is 14.7 Å². The Morgan fingerprint density at radius 2 is 2.00 bits per heavy atom. The molecule has 0 radical (unpaired) electrons. The number of halogens is 1. The Kier molecular flexibility index (Phi) is 6.87. The highest BCUT2D eigenvalue weighted by molar-refractivity contribution is 6.29. The normalized spacial score (nSPS) is 21.1. The smallest absolute Gasteiger partial charge is 0.410 e. The topological polar surface area (TPSA) is 83.0 Å². The molecular formula is C26H32ClN3O4. The number of β-amino-alcohol motifs (C(OH)–C–C–N with tert-alkyl or cyclic N) is 1. The summed E-state index contributed by atoms with van der Waals surface area (Å²) in [5.74, 6) is -0.0678. The SMILES string of the molecule is CCC1CN(CC(O)[C@@H]2Cc3ccccc3CN2C(=O)OC(C)(C)C)C(=O)c2cc(Cl)ncc21. The first-order chi connectivity index (χ1) is 16.1. The van der Waals surface area contributed by atoms with Crippen LogP contribution in [0.2, 0.25) is 5.15 Å². The van der Waals surface area contributed by atoms with Crippen LogP contribution < -0.4 is 0 Å². The minimum atomic E-state index is -0.943. The molecule has 0 spiro atoms. The fourth-order valence-electron chi connectivity index (χ4n) is 4.83. The van der Waals surface area contributed by atoms with Crippen LogP contribution in [0, 0.1) is 0 Å². The van der Waals surface area contributed by atoms with Gasteiger partial charge >= 0.3 is 6.09 Å². The molecule has 2 aliphatic heterocycles. The lowest BCUT2D eigenvalue weighted by atomic mass is 9.87. The highest BCUT2D eigenvalue weighted by atomic mass is 35.5. The molecule has 3 atom stereocenters. The summed E-state index contributed by atoms with van der Waals surface area (Å²) in [6.45, 7) is 8.48. The van der Waals surface area contributed by atoms with Gasteiger partial charge in [0.25, 0.3) is 5.91 Å². The van der Waals surface area contributed by atoms with Crippen molar-refractivity contribution >= 4 is 23.6 Å². The predicted molar refractivity (Wildman–Crippen MR) is 130 cm³/mol. The molecule has 2 aromatic rings. The summed E-state index contributed by atoms with van der Waals surface area (Å²) in [4.78, 5) is 33.8. The second-order valence-electron chi connectivity index (χ2n) is 10.1. The Hall–Kier alpha value is -2.64. The number of aromatic nitrogens is 1. The van der Waals surface area contributed by atoms with Crippen molar-refractivity contribution in [2.24, 2.45) is 0 Å². The van der Waals surface area contributed by atoms with E-state index in [0.29, 0.717) is 25.1 Å². The van der Waals surface area contributed by atoms with Crippen LogP contribution in [0.5, 0.6) is 0 Å². The number of benzene rings is 1.